The Morgan fingerprint density at radius 3 is 2.00 bits per heavy atom. The molecule has 3 nitrogen and oxygen atoms in total. The molecule has 0 heterocycles. The second-order valence-electron chi connectivity index (χ2n) is 3.91. The average molecular weight is 263 g/mol. The Morgan fingerprint density at radius 2 is 1.69 bits per heavy atom. The maximum absolute atomic E-state index is 11.1. The van der Waals surface area contributed by atoms with Crippen molar-refractivity contribution in [2.45, 2.75) is 24.8 Å². The van der Waals surface area contributed by atoms with Crippen LogP contribution >= 0.6 is 10.7 Å². The van der Waals surface area contributed by atoms with E-state index in [1.165, 1.54) is 12.1 Å². The summed E-state index contributed by atoms with van der Waals surface area (Å²) in [5.74, 6) is 0.323. The van der Waals surface area contributed by atoms with Crippen molar-refractivity contribution in [3.8, 4) is 0 Å². The predicted octanol–water partition coefficient (Wildman–Crippen LogP) is 2.96. The Balaban J connectivity index is 3.03. The van der Waals surface area contributed by atoms with E-state index in [1.54, 1.807) is 19.2 Å². The van der Waals surface area contributed by atoms with E-state index < -0.39 is 9.05 Å². The number of rotatable bonds is 4. The third kappa shape index (κ3) is 3.20. The topological polar surface area (TPSA) is 43.4 Å². The van der Waals surface area contributed by atoms with Gasteiger partial charge in [-0.25, -0.2) is 8.42 Å². The molecule has 0 radical (unpaired) electrons. The Bertz CT molecular complexity index is 437. The van der Waals surface area contributed by atoms with Gasteiger partial charge in [0, 0.05) is 17.8 Å². The van der Waals surface area contributed by atoms with Crippen molar-refractivity contribution in [2.75, 3.05) is 7.11 Å². The number of ether oxygens (including phenoxy) is 1. The number of hydrogen-bond acceptors (Lipinski definition) is 3. The summed E-state index contributed by atoms with van der Waals surface area (Å²) < 4.78 is 27.4. The van der Waals surface area contributed by atoms with Crippen molar-refractivity contribution < 1.29 is 13.2 Å². The van der Waals surface area contributed by atoms with Crippen LogP contribution in [-0.2, 0) is 13.8 Å². The molecular formula is C11H15ClO3S. The van der Waals surface area contributed by atoms with Crippen LogP contribution in [0.15, 0.2) is 29.2 Å². The third-order valence-electron chi connectivity index (χ3n) is 2.35. The van der Waals surface area contributed by atoms with Gasteiger partial charge in [-0.2, -0.15) is 0 Å². The number of methoxy groups -OCH3 is 1. The maximum Gasteiger partial charge on any atom is 0.261 e. The molecule has 0 spiro atoms. The predicted molar refractivity (Wildman–Crippen MR) is 64.1 cm³/mol. The normalized spacial score (nSPS) is 14.1. The molecule has 1 aromatic carbocycles. The lowest BCUT2D eigenvalue weighted by Crippen LogP contribution is -2.08. The van der Waals surface area contributed by atoms with Gasteiger partial charge in [0.2, 0.25) is 0 Å². The van der Waals surface area contributed by atoms with E-state index in [0.29, 0.717) is 5.92 Å². The molecule has 1 aromatic rings. The molecule has 0 aliphatic heterocycles. The fraction of sp³-hybridized carbons (Fsp3) is 0.455. The van der Waals surface area contributed by atoms with Crippen LogP contribution in [0.3, 0.4) is 0 Å². The minimum absolute atomic E-state index is 0.0351. The van der Waals surface area contributed by atoms with Crippen molar-refractivity contribution in [1.82, 2.24) is 0 Å². The Kier molecular flexibility index (Phi) is 4.35. The lowest BCUT2D eigenvalue weighted by Gasteiger charge is -2.19. The van der Waals surface area contributed by atoms with Crippen LogP contribution < -0.4 is 0 Å². The number of halogens is 1. The van der Waals surface area contributed by atoms with E-state index in [1.807, 2.05) is 13.8 Å². The molecule has 5 heteroatoms. The van der Waals surface area contributed by atoms with Gasteiger partial charge in [0.05, 0.1) is 11.0 Å². The average Bonchev–Trinajstić information content (AvgIpc) is 2.17. The van der Waals surface area contributed by atoms with E-state index in [9.17, 15) is 8.42 Å². The highest BCUT2D eigenvalue weighted by molar-refractivity contribution is 8.13. The lowest BCUT2D eigenvalue weighted by atomic mass is 9.99. The summed E-state index contributed by atoms with van der Waals surface area (Å²) >= 11 is 0. The van der Waals surface area contributed by atoms with Crippen molar-refractivity contribution in [1.29, 1.82) is 0 Å². The molecule has 0 aromatic heterocycles. The molecule has 0 saturated carbocycles. The van der Waals surface area contributed by atoms with Gasteiger partial charge in [-0.1, -0.05) is 26.0 Å². The summed E-state index contributed by atoms with van der Waals surface area (Å²) in [4.78, 5) is 0.108. The molecule has 1 atom stereocenters. The smallest absolute Gasteiger partial charge is 0.261 e. The van der Waals surface area contributed by atoms with Crippen molar-refractivity contribution in [2.24, 2.45) is 5.92 Å². The van der Waals surface area contributed by atoms with Gasteiger partial charge in [0.1, 0.15) is 0 Å². The first-order chi connectivity index (χ1) is 7.36. The van der Waals surface area contributed by atoms with Crippen LogP contribution in [0.2, 0.25) is 0 Å². The van der Waals surface area contributed by atoms with E-state index in [2.05, 4.69) is 0 Å². The molecule has 0 bridgehead atoms. The van der Waals surface area contributed by atoms with Crippen molar-refractivity contribution >= 4 is 19.7 Å². The summed E-state index contributed by atoms with van der Waals surface area (Å²) in [6.07, 6.45) is -0.0351. The zero-order valence-corrected chi connectivity index (χ0v) is 11.0. The van der Waals surface area contributed by atoms with Gasteiger partial charge >= 0.3 is 0 Å². The molecule has 90 valence electrons. The summed E-state index contributed by atoms with van der Waals surface area (Å²) in [5.41, 5.74) is 0.946. The van der Waals surface area contributed by atoms with Gasteiger partial charge in [-0.3, -0.25) is 0 Å². The van der Waals surface area contributed by atoms with Crippen molar-refractivity contribution in [3.05, 3.63) is 29.8 Å². The van der Waals surface area contributed by atoms with E-state index in [0.717, 1.165) is 5.56 Å². The second-order valence-corrected chi connectivity index (χ2v) is 6.47. The molecule has 16 heavy (non-hydrogen) atoms. The van der Waals surface area contributed by atoms with Gasteiger partial charge in [-0.15, -0.1) is 0 Å². The number of benzene rings is 1. The minimum Gasteiger partial charge on any atom is -0.376 e. The van der Waals surface area contributed by atoms with Crippen LogP contribution in [0.1, 0.15) is 25.5 Å². The lowest BCUT2D eigenvalue weighted by molar-refractivity contribution is 0.0646. The highest BCUT2D eigenvalue weighted by atomic mass is 35.7. The highest BCUT2D eigenvalue weighted by Gasteiger charge is 2.16. The highest BCUT2D eigenvalue weighted by Crippen LogP contribution is 2.26. The first-order valence-electron chi connectivity index (χ1n) is 4.93. The molecule has 0 amide bonds. The monoisotopic (exact) mass is 262 g/mol. The Morgan fingerprint density at radius 1 is 1.19 bits per heavy atom. The van der Waals surface area contributed by atoms with Crippen LogP contribution in [0, 0.1) is 5.92 Å². The van der Waals surface area contributed by atoms with Crippen molar-refractivity contribution in [3.63, 3.8) is 0 Å². The van der Waals surface area contributed by atoms with Gasteiger partial charge in [-0.05, 0) is 23.6 Å². The third-order valence-corrected chi connectivity index (χ3v) is 3.72. The quantitative estimate of drug-likeness (QED) is 0.784. The van der Waals surface area contributed by atoms with Gasteiger partial charge < -0.3 is 4.74 Å². The van der Waals surface area contributed by atoms with Gasteiger partial charge in [0.25, 0.3) is 9.05 Å². The fourth-order valence-corrected chi connectivity index (χ4v) is 2.38. The van der Waals surface area contributed by atoms with Crippen LogP contribution in [0.25, 0.3) is 0 Å². The van der Waals surface area contributed by atoms with Crippen LogP contribution in [0.4, 0.5) is 0 Å². The largest absolute Gasteiger partial charge is 0.376 e. The Labute approximate surface area is 101 Å². The zero-order chi connectivity index (χ0) is 12.3. The molecule has 1 rings (SSSR count). The molecule has 0 N–H and O–H groups in total. The number of hydrogen-bond donors (Lipinski definition) is 0. The van der Waals surface area contributed by atoms with E-state index in [4.69, 9.17) is 15.4 Å². The molecule has 0 aliphatic rings. The zero-order valence-electron chi connectivity index (χ0n) is 9.48. The SMILES string of the molecule is CO[C@H](c1ccc(S(=O)(=O)Cl)cc1)C(C)C. The van der Waals surface area contributed by atoms with E-state index >= 15 is 0 Å². The first-order valence-corrected chi connectivity index (χ1v) is 7.24. The van der Waals surface area contributed by atoms with Gasteiger partial charge in [0.15, 0.2) is 0 Å². The minimum atomic E-state index is -3.64. The maximum atomic E-state index is 11.1. The Hall–Kier alpha value is -0.580. The molecular weight excluding hydrogens is 248 g/mol. The van der Waals surface area contributed by atoms with Crippen LogP contribution in [-0.4, -0.2) is 15.5 Å². The molecule has 0 saturated heterocycles. The molecule has 0 fully saturated rings. The summed E-state index contributed by atoms with van der Waals surface area (Å²) in [6.45, 7) is 4.08. The summed E-state index contributed by atoms with van der Waals surface area (Å²) in [5, 5.41) is 0. The summed E-state index contributed by atoms with van der Waals surface area (Å²) in [7, 11) is 3.22. The summed E-state index contributed by atoms with van der Waals surface area (Å²) in [6, 6.07) is 6.44. The molecule has 0 unspecified atom stereocenters. The van der Waals surface area contributed by atoms with Crippen LogP contribution in [0.5, 0.6) is 0 Å². The standard InChI is InChI=1S/C11H15ClO3S/c1-8(2)11(15-3)9-4-6-10(7-5-9)16(12,13)14/h4-8,11H,1-3H3/t11-/m0/s1. The first kappa shape index (κ1) is 13.5. The molecule has 0 aliphatic carbocycles. The second kappa shape index (κ2) is 5.17. The van der Waals surface area contributed by atoms with E-state index in [-0.39, 0.29) is 11.0 Å². The fourth-order valence-electron chi connectivity index (χ4n) is 1.61.